The second kappa shape index (κ2) is 5.36. The first-order valence-electron chi connectivity index (χ1n) is 6.34. The lowest BCUT2D eigenvalue weighted by atomic mass is 10.1. The first-order chi connectivity index (χ1) is 9.96. The molecule has 6 nitrogen and oxygen atoms in total. The number of rotatable bonds is 3. The molecule has 21 heavy (non-hydrogen) atoms. The van der Waals surface area contributed by atoms with Crippen LogP contribution in [-0.2, 0) is 0 Å². The SMILES string of the molecule is CCN(CC)c1c(C#N)c(F)c2c(N)nc(N)nc2c1F. The Morgan fingerprint density at radius 2 is 1.76 bits per heavy atom. The number of hydrogen-bond donors (Lipinski definition) is 2. The minimum atomic E-state index is -0.937. The van der Waals surface area contributed by atoms with Crippen molar-refractivity contribution in [1.82, 2.24) is 9.97 Å². The number of fused-ring (bicyclic) bond motifs is 1. The third-order valence-electron chi connectivity index (χ3n) is 3.24. The summed E-state index contributed by atoms with van der Waals surface area (Å²) in [4.78, 5) is 8.86. The standard InChI is InChI=1S/C13H14F2N6/c1-3-21(4-2)11-6(5-16)8(14)7-10(9(11)15)19-13(18)20-12(7)17/h3-4H2,1-2H3,(H4,17,18,19,20). The van der Waals surface area contributed by atoms with Crippen LogP contribution >= 0.6 is 0 Å². The fraction of sp³-hybridized carbons (Fsp3) is 0.308. The van der Waals surface area contributed by atoms with Gasteiger partial charge >= 0.3 is 0 Å². The van der Waals surface area contributed by atoms with Gasteiger partial charge in [0, 0.05) is 13.1 Å². The number of nitrogen functional groups attached to an aromatic ring is 2. The molecule has 1 aromatic heterocycles. The normalized spacial score (nSPS) is 10.6. The van der Waals surface area contributed by atoms with E-state index >= 15 is 0 Å². The van der Waals surface area contributed by atoms with Crippen LogP contribution in [0.1, 0.15) is 19.4 Å². The maximum Gasteiger partial charge on any atom is 0.222 e. The van der Waals surface area contributed by atoms with Crippen molar-refractivity contribution in [1.29, 1.82) is 5.26 Å². The molecule has 2 aromatic rings. The molecule has 8 heteroatoms. The quantitative estimate of drug-likeness (QED) is 0.893. The van der Waals surface area contributed by atoms with Gasteiger partial charge in [-0.3, -0.25) is 0 Å². The van der Waals surface area contributed by atoms with Crippen molar-refractivity contribution in [2.45, 2.75) is 13.8 Å². The molecule has 0 atom stereocenters. The minimum Gasteiger partial charge on any atom is -0.383 e. The van der Waals surface area contributed by atoms with E-state index < -0.39 is 17.2 Å². The van der Waals surface area contributed by atoms with Gasteiger partial charge < -0.3 is 16.4 Å². The average molecular weight is 292 g/mol. The maximum atomic E-state index is 14.7. The van der Waals surface area contributed by atoms with Gasteiger partial charge in [-0.2, -0.15) is 10.2 Å². The van der Waals surface area contributed by atoms with Crippen LogP contribution in [0, 0.1) is 23.0 Å². The summed E-state index contributed by atoms with van der Waals surface area (Å²) in [6.07, 6.45) is 0. The second-order valence-corrected chi connectivity index (χ2v) is 4.33. The summed E-state index contributed by atoms with van der Waals surface area (Å²) in [6, 6.07) is 1.69. The molecule has 0 aliphatic rings. The molecule has 0 aliphatic heterocycles. The van der Waals surface area contributed by atoms with E-state index in [0.717, 1.165) is 0 Å². The van der Waals surface area contributed by atoms with E-state index in [4.69, 9.17) is 11.5 Å². The van der Waals surface area contributed by atoms with Crippen LogP contribution in [0.3, 0.4) is 0 Å². The second-order valence-electron chi connectivity index (χ2n) is 4.33. The fourth-order valence-corrected chi connectivity index (χ4v) is 2.26. The highest BCUT2D eigenvalue weighted by molar-refractivity contribution is 5.94. The van der Waals surface area contributed by atoms with Crippen LogP contribution in [-0.4, -0.2) is 23.1 Å². The highest BCUT2D eigenvalue weighted by Gasteiger charge is 2.26. The molecule has 0 saturated heterocycles. The van der Waals surface area contributed by atoms with E-state index in [-0.39, 0.29) is 28.4 Å². The van der Waals surface area contributed by atoms with Gasteiger partial charge in [0.25, 0.3) is 0 Å². The van der Waals surface area contributed by atoms with E-state index in [1.807, 2.05) is 0 Å². The van der Waals surface area contributed by atoms with Gasteiger partial charge in [-0.25, -0.2) is 13.8 Å². The number of halogens is 2. The molecule has 110 valence electrons. The van der Waals surface area contributed by atoms with Gasteiger partial charge in [-0.05, 0) is 13.8 Å². The van der Waals surface area contributed by atoms with Gasteiger partial charge in [0.05, 0.1) is 11.1 Å². The lowest BCUT2D eigenvalue weighted by molar-refractivity contribution is 0.606. The van der Waals surface area contributed by atoms with Crippen molar-refractivity contribution in [2.24, 2.45) is 0 Å². The molecule has 1 aromatic carbocycles. The van der Waals surface area contributed by atoms with E-state index in [1.54, 1.807) is 19.9 Å². The Kier molecular flexibility index (Phi) is 3.76. The fourth-order valence-electron chi connectivity index (χ4n) is 2.26. The molecular formula is C13H14F2N6. The van der Waals surface area contributed by atoms with E-state index in [0.29, 0.717) is 13.1 Å². The third kappa shape index (κ3) is 2.16. The molecule has 4 N–H and O–H groups in total. The van der Waals surface area contributed by atoms with E-state index in [9.17, 15) is 14.0 Å². The summed E-state index contributed by atoms with van der Waals surface area (Å²) in [6.45, 7) is 4.36. The number of nitrogens with two attached hydrogens (primary N) is 2. The Morgan fingerprint density at radius 1 is 1.14 bits per heavy atom. The van der Waals surface area contributed by atoms with Gasteiger partial charge in [0.1, 0.15) is 23.0 Å². The van der Waals surface area contributed by atoms with Gasteiger partial charge in [0.15, 0.2) is 11.6 Å². The summed E-state index contributed by atoms with van der Waals surface area (Å²) < 4.78 is 29.2. The van der Waals surface area contributed by atoms with Crippen LogP contribution in [0.25, 0.3) is 10.9 Å². The van der Waals surface area contributed by atoms with Gasteiger partial charge in [0.2, 0.25) is 5.95 Å². The predicted octanol–water partition coefficient (Wildman–Crippen LogP) is 1.79. The molecule has 0 radical (unpaired) electrons. The molecule has 2 rings (SSSR count). The Labute approximate surface area is 120 Å². The van der Waals surface area contributed by atoms with E-state index in [2.05, 4.69) is 9.97 Å². The number of nitriles is 1. The lowest BCUT2D eigenvalue weighted by Gasteiger charge is -2.23. The molecule has 0 spiro atoms. The number of nitrogens with zero attached hydrogens (tertiary/aromatic N) is 4. The third-order valence-corrected chi connectivity index (χ3v) is 3.24. The maximum absolute atomic E-state index is 14.7. The van der Waals surface area contributed by atoms with Crippen molar-refractivity contribution in [3.05, 3.63) is 17.2 Å². The number of benzene rings is 1. The molecule has 0 unspecified atom stereocenters. The topological polar surface area (TPSA) is 105 Å². The molecule has 0 amide bonds. The highest BCUT2D eigenvalue weighted by Crippen LogP contribution is 2.35. The van der Waals surface area contributed by atoms with Gasteiger partial charge in [-0.15, -0.1) is 0 Å². The monoisotopic (exact) mass is 292 g/mol. The minimum absolute atomic E-state index is 0.134. The zero-order valence-corrected chi connectivity index (χ0v) is 11.6. The summed E-state index contributed by atoms with van der Waals surface area (Å²) in [5.74, 6) is -2.31. The summed E-state index contributed by atoms with van der Waals surface area (Å²) >= 11 is 0. The smallest absolute Gasteiger partial charge is 0.222 e. The molecular weight excluding hydrogens is 278 g/mol. The Balaban J connectivity index is 3.00. The van der Waals surface area contributed by atoms with Crippen LogP contribution in [0.15, 0.2) is 0 Å². The Hall–Kier alpha value is -2.69. The zero-order chi connectivity index (χ0) is 15.7. The zero-order valence-electron chi connectivity index (χ0n) is 11.6. The number of aromatic nitrogens is 2. The summed E-state index contributed by atoms with van der Waals surface area (Å²) in [5, 5.41) is 8.85. The Bertz CT molecular complexity index is 749. The summed E-state index contributed by atoms with van der Waals surface area (Å²) in [7, 11) is 0. The van der Waals surface area contributed by atoms with Crippen LogP contribution in [0.4, 0.5) is 26.2 Å². The van der Waals surface area contributed by atoms with Gasteiger partial charge in [-0.1, -0.05) is 0 Å². The van der Waals surface area contributed by atoms with Crippen molar-refractivity contribution in [3.63, 3.8) is 0 Å². The largest absolute Gasteiger partial charge is 0.383 e. The van der Waals surface area contributed by atoms with Crippen molar-refractivity contribution < 1.29 is 8.78 Å². The highest BCUT2D eigenvalue weighted by atomic mass is 19.1. The van der Waals surface area contributed by atoms with Crippen molar-refractivity contribution in [3.8, 4) is 6.07 Å². The molecule has 0 aliphatic carbocycles. The first-order valence-corrected chi connectivity index (χ1v) is 6.34. The number of anilines is 3. The predicted molar refractivity (Wildman–Crippen MR) is 76.6 cm³/mol. The molecule has 0 bridgehead atoms. The van der Waals surface area contributed by atoms with Crippen molar-refractivity contribution >= 4 is 28.4 Å². The molecule has 1 heterocycles. The first kappa shape index (κ1) is 14.7. The molecule has 0 saturated carbocycles. The number of hydrogen-bond acceptors (Lipinski definition) is 6. The summed E-state index contributed by atoms with van der Waals surface area (Å²) in [5.41, 5.74) is 10.1. The average Bonchev–Trinajstić information content (AvgIpc) is 2.44. The lowest BCUT2D eigenvalue weighted by Crippen LogP contribution is -2.25. The van der Waals surface area contributed by atoms with Crippen molar-refractivity contribution in [2.75, 3.05) is 29.5 Å². The van der Waals surface area contributed by atoms with E-state index in [1.165, 1.54) is 4.90 Å². The van der Waals surface area contributed by atoms with Crippen LogP contribution in [0.5, 0.6) is 0 Å². The van der Waals surface area contributed by atoms with Crippen LogP contribution < -0.4 is 16.4 Å². The Morgan fingerprint density at radius 3 is 2.29 bits per heavy atom. The van der Waals surface area contributed by atoms with Crippen LogP contribution in [0.2, 0.25) is 0 Å². The molecule has 0 fully saturated rings.